The molecule has 0 heterocycles. The lowest BCUT2D eigenvalue weighted by atomic mass is 10.2. The minimum absolute atomic E-state index is 0.0815. The topological polar surface area (TPSA) is 57.2 Å². The van der Waals surface area contributed by atoms with Gasteiger partial charge in [0.2, 0.25) is 0 Å². The molecule has 5 heteroatoms. The molecule has 0 spiro atoms. The first-order chi connectivity index (χ1) is 10.9. The van der Waals surface area contributed by atoms with Crippen LogP contribution in [0.4, 0.5) is 0 Å². The van der Waals surface area contributed by atoms with Gasteiger partial charge < -0.3 is 5.11 Å². The van der Waals surface area contributed by atoms with Crippen molar-refractivity contribution < 1.29 is 24.7 Å². The average molecular weight is 304 g/mol. The second-order valence-corrected chi connectivity index (χ2v) is 4.68. The van der Waals surface area contributed by atoms with Gasteiger partial charge in [-0.1, -0.05) is 60.7 Å². The number of rotatable bonds is 10. The second kappa shape index (κ2) is 10.0. The van der Waals surface area contributed by atoms with Crippen molar-refractivity contribution >= 4 is 0 Å². The molecule has 5 nitrogen and oxygen atoms in total. The minimum atomic E-state index is -0.598. The Morgan fingerprint density at radius 2 is 1.27 bits per heavy atom. The molecule has 22 heavy (non-hydrogen) atoms. The molecule has 0 bridgehead atoms. The highest BCUT2D eigenvalue weighted by Gasteiger charge is 2.10. The normalized spacial score (nSPS) is 12.2. The first kappa shape index (κ1) is 16.6. The standard InChI is InChI=1S/C17H20O5/c18-11-17(22-21-13-16-9-5-2-6-10-16)14-20-19-12-15-7-3-1-4-8-15/h1-10,17-18H,11-14H2/t17-/m0/s1. The number of aliphatic hydroxyl groups excluding tert-OH is 1. The third kappa shape index (κ3) is 6.34. The molecule has 2 rings (SSSR count). The van der Waals surface area contributed by atoms with Crippen LogP contribution in [0.1, 0.15) is 11.1 Å². The number of hydrogen-bond donors (Lipinski definition) is 1. The van der Waals surface area contributed by atoms with E-state index in [0.717, 1.165) is 11.1 Å². The summed E-state index contributed by atoms with van der Waals surface area (Å²) >= 11 is 0. The molecule has 0 aliphatic carbocycles. The number of aliphatic hydroxyl groups is 1. The highest BCUT2D eigenvalue weighted by atomic mass is 17.2. The lowest BCUT2D eigenvalue weighted by molar-refractivity contribution is -0.377. The van der Waals surface area contributed by atoms with E-state index in [1.165, 1.54) is 0 Å². The monoisotopic (exact) mass is 304 g/mol. The summed E-state index contributed by atoms with van der Waals surface area (Å²) in [6, 6.07) is 19.3. The fourth-order valence-corrected chi connectivity index (χ4v) is 1.69. The Labute approximate surface area is 129 Å². The van der Waals surface area contributed by atoms with Gasteiger partial charge in [-0.05, 0) is 11.1 Å². The average Bonchev–Trinajstić information content (AvgIpc) is 2.59. The Hall–Kier alpha value is -1.76. The smallest absolute Gasteiger partial charge is 0.142 e. The molecule has 0 radical (unpaired) electrons. The molecular formula is C17H20O5. The Bertz CT molecular complexity index is 503. The van der Waals surface area contributed by atoms with Crippen molar-refractivity contribution in [3.63, 3.8) is 0 Å². The first-order valence-corrected chi connectivity index (χ1v) is 7.10. The first-order valence-electron chi connectivity index (χ1n) is 7.10. The van der Waals surface area contributed by atoms with Crippen LogP contribution in [0.15, 0.2) is 60.7 Å². The predicted octanol–water partition coefficient (Wildman–Crippen LogP) is 2.64. The quantitative estimate of drug-likeness (QED) is 0.415. The summed E-state index contributed by atoms with van der Waals surface area (Å²) in [7, 11) is 0. The molecule has 1 N–H and O–H groups in total. The van der Waals surface area contributed by atoms with Crippen molar-refractivity contribution in [2.75, 3.05) is 13.2 Å². The van der Waals surface area contributed by atoms with E-state index in [-0.39, 0.29) is 13.2 Å². The molecule has 0 saturated heterocycles. The molecule has 2 aromatic rings. The molecule has 0 unspecified atom stereocenters. The van der Waals surface area contributed by atoms with E-state index in [1.54, 1.807) is 0 Å². The minimum Gasteiger partial charge on any atom is -0.393 e. The van der Waals surface area contributed by atoms with Crippen LogP contribution in [-0.4, -0.2) is 24.4 Å². The van der Waals surface area contributed by atoms with Gasteiger partial charge in [0, 0.05) is 0 Å². The zero-order chi connectivity index (χ0) is 15.5. The highest BCUT2D eigenvalue weighted by Crippen LogP contribution is 2.04. The Balaban J connectivity index is 1.58. The molecular weight excluding hydrogens is 284 g/mol. The van der Waals surface area contributed by atoms with Crippen molar-refractivity contribution in [3.05, 3.63) is 71.8 Å². The van der Waals surface area contributed by atoms with Crippen LogP contribution in [0, 0.1) is 0 Å². The van der Waals surface area contributed by atoms with Crippen LogP contribution in [0.2, 0.25) is 0 Å². The van der Waals surface area contributed by atoms with Gasteiger partial charge in [0.1, 0.15) is 25.9 Å². The maximum atomic E-state index is 9.20. The van der Waals surface area contributed by atoms with Gasteiger partial charge >= 0.3 is 0 Å². The molecule has 1 atom stereocenters. The van der Waals surface area contributed by atoms with Crippen molar-refractivity contribution in [3.8, 4) is 0 Å². The molecule has 0 aromatic heterocycles. The fraction of sp³-hybridized carbons (Fsp3) is 0.294. The van der Waals surface area contributed by atoms with Crippen LogP contribution < -0.4 is 0 Å². The molecule has 0 aliphatic rings. The summed E-state index contributed by atoms with van der Waals surface area (Å²) < 4.78 is 0. The summed E-state index contributed by atoms with van der Waals surface area (Å²) in [6.45, 7) is 0.508. The summed E-state index contributed by atoms with van der Waals surface area (Å²) in [5.41, 5.74) is 1.99. The maximum absolute atomic E-state index is 9.20. The molecule has 0 saturated carbocycles. The second-order valence-electron chi connectivity index (χ2n) is 4.68. The van der Waals surface area contributed by atoms with Crippen molar-refractivity contribution in [1.29, 1.82) is 0 Å². The van der Waals surface area contributed by atoms with Crippen LogP contribution >= 0.6 is 0 Å². The predicted molar refractivity (Wildman–Crippen MR) is 80.4 cm³/mol. The molecule has 0 fully saturated rings. The van der Waals surface area contributed by atoms with Crippen LogP contribution in [-0.2, 0) is 32.8 Å². The summed E-state index contributed by atoms with van der Waals surface area (Å²) in [5.74, 6) is 0. The number of benzene rings is 2. The summed E-state index contributed by atoms with van der Waals surface area (Å²) in [5, 5.41) is 9.20. The highest BCUT2D eigenvalue weighted by molar-refractivity contribution is 5.13. The van der Waals surface area contributed by atoms with E-state index in [4.69, 9.17) is 19.6 Å². The zero-order valence-corrected chi connectivity index (χ0v) is 12.3. The maximum Gasteiger partial charge on any atom is 0.142 e. The van der Waals surface area contributed by atoms with E-state index in [1.807, 2.05) is 60.7 Å². The molecule has 0 amide bonds. The van der Waals surface area contributed by atoms with Gasteiger partial charge in [-0.3, -0.25) is 0 Å². The molecule has 2 aromatic carbocycles. The van der Waals surface area contributed by atoms with Gasteiger partial charge in [-0.25, -0.2) is 19.6 Å². The van der Waals surface area contributed by atoms with Crippen LogP contribution in [0.5, 0.6) is 0 Å². The lowest BCUT2D eigenvalue weighted by Crippen LogP contribution is -2.24. The zero-order valence-electron chi connectivity index (χ0n) is 12.3. The Kier molecular flexibility index (Phi) is 7.59. The molecule has 0 aliphatic heterocycles. The van der Waals surface area contributed by atoms with Gasteiger partial charge in [-0.2, -0.15) is 0 Å². The van der Waals surface area contributed by atoms with Gasteiger partial charge in [0.05, 0.1) is 6.61 Å². The van der Waals surface area contributed by atoms with Gasteiger partial charge in [0.25, 0.3) is 0 Å². The van der Waals surface area contributed by atoms with E-state index >= 15 is 0 Å². The van der Waals surface area contributed by atoms with Gasteiger partial charge in [-0.15, -0.1) is 0 Å². The Morgan fingerprint density at radius 1 is 0.727 bits per heavy atom. The van der Waals surface area contributed by atoms with E-state index in [2.05, 4.69) is 0 Å². The molecule has 118 valence electrons. The third-order valence-electron chi connectivity index (χ3n) is 2.88. The van der Waals surface area contributed by atoms with Crippen molar-refractivity contribution in [2.45, 2.75) is 19.3 Å². The van der Waals surface area contributed by atoms with Crippen LogP contribution in [0.3, 0.4) is 0 Å². The van der Waals surface area contributed by atoms with Gasteiger partial charge in [0.15, 0.2) is 0 Å². The third-order valence-corrected chi connectivity index (χ3v) is 2.88. The lowest BCUT2D eigenvalue weighted by Gasteiger charge is -2.14. The SMILES string of the molecule is OC[C@@H](COOCc1ccccc1)OOCc1ccccc1. The van der Waals surface area contributed by atoms with Crippen molar-refractivity contribution in [2.24, 2.45) is 0 Å². The van der Waals surface area contributed by atoms with Crippen molar-refractivity contribution in [1.82, 2.24) is 0 Å². The largest absolute Gasteiger partial charge is 0.393 e. The number of hydrogen-bond acceptors (Lipinski definition) is 5. The fourth-order valence-electron chi connectivity index (χ4n) is 1.69. The van der Waals surface area contributed by atoms with Crippen LogP contribution in [0.25, 0.3) is 0 Å². The van der Waals surface area contributed by atoms with E-state index in [0.29, 0.717) is 13.2 Å². The van der Waals surface area contributed by atoms with E-state index in [9.17, 15) is 5.11 Å². The summed E-state index contributed by atoms with van der Waals surface area (Å²) in [6.07, 6.45) is -0.598. The Morgan fingerprint density at radius 3 is 1.82 bits per heavy atom. The summed E-state index contributed by atoms with van der Waals surface area (Å²) in [4.78, 5) is 20.3. The van der Waals surface area contributed by atoms with E-state index < -0.39 is 6.10 Å².